The van der Waals surface area contributed by atoms with Crippen LogP contribution in [0.5, 0.6) is 0 Å². The molecule has 2 aliphatic carbocycles. The van der Waals surface area contributed by atoms with Crippen molar-refractivity contribution in [3.8, 4) is 0 Å². The Balaban J connectivity index is 1.51. The highest BCUT2D eigenvalue weighted by Crippen LogP contribution is 2.48. The molecule has 1 saturated heterocycles. The summed E-state index contributed by atoms with van der Waals surface area (Å²) in [6.45, 7) is 2.59. The number of carbonyl (C=O) groups is 5. The highest BCUT2D eigenvalue weighted by atomic mass is 32.2. The van der Waals surface area contributed by atoms with E-state index in [2.05, 4.69) is 15.4 Å². The van der Waals surface area contributed by atoms with Crippen LogP contribution in [0, 0.1) is 17.8 Å². The van der Waals surface area contributed by atoms with Gasteiger partial charge in [-0.05, 0) is 76.3 Å². The molecular formula is C37H45F7N4O9S. The van der Waals surface area contributed by atoms with Crippen molar-refractivity contribution in [1.29, 1.82) is 0 Å². The predicted octanol–water partition coefficient (Wildman–Crippen LogP) is 5.10. The van der Waals surface area contributed by atoms with Gasteiger partial charge < -0.3 is 25.0 Å². The molecular weight excluding hydrogens is 809 g/mol. The van der Waals surface area contributed by atoms with Crippen molar-refractivity contribution in [3.05, 3.63) is 47.5 Å². The fourth-order valence-electron chi connectivity index (χ4n) is 7.32. The number of nitrogens with one attached hydrogen (secondary N) is 3. The molecule has 7 atom stereocenters. The summed E-state index contributed by atoms with van der Waals surface area (Å²) in [6.07, 6.45) is -9.48. The van der Waals surface area contributed by atoms with Crippen molar-refractivity contribution in [2.75, 3.05) is 13.2 Å². The van der Waals surface area contributed by atoms with Crippen LogP contribution in [-0.2, 0) is 40.1 Å². The maximum absolute atomic E-state index is 14.5. The third kappa shape index (κ3) is 9.22. The van der Waals surface area contributed by atoms with Gasteiger partial charge in [-0.1, -0.05) is 38.1 Å². The number of hydrogen-bond acceptors (Lipinski definition) is 9. The van der Waals surface area contributed by atoms with Gasteiger partial charge in [0.2, 0.25) is 27.4 Å². The Bertz CT molecular complexity index is 1940. The molecule has 5 rings (SSSR count). The quantitative estimate of drug-likeness (QED) is 0.182. The Hall–Kier alpha value is -4.43. The summed E-state index contributed by atoms with van der Waals surface area (Å²) >= 11 is 0. The van der Waals surface area contributed by atoms with Crippen LogP contribution in [0.2, 0.25) is 0 Å². The third-order valence-corrected chi connectivity index (χ3v) is 13.4. The van der Waals surface area contributed by atoms with Gasteiger partial charge in [-0.25, -0.2) is 22.4 Å². The number of hydrogen-bond donors (Lipinski definition) is 3. The van der Waals surface area contributed by atoms with Gasteiger partial charge in [0, 0.05) is 12.3 Å². The van der Waals surface area contributed by atoms with Gasteiger partial charge in [-0.2, -0.15) is 26.3 Å². The number of alkyl halides is 7. The summed E-state index contributed by atoms with van der Waals surface area (Å²) in [5, 5.41) is 4.71. The largest absolute Gasteiger partial charge is 0.457 e. The lowest BCUT2D eigenvalue weighted by Gasteiger charge is -2.34. The van der Waals surface area contributed by atoms with Gasteiger partial charge in [0.25, 0.3) is 5.91 Å². The Morgan fingerprint density at radius 2 is 1.67 bits per heavy atom. The van der Waals surface area contributed by atoms with Crippen molar-refractivity contribution in [2.24, 2.45) is 17.8 Å². The van der Waals surface area contributed by atoms with Crippen LogP contribution < -0.4 is 15.4 Å². The van der Waals surface area contributed by atoms with E-state index in [0.717, 1.165) is 23.1 Å². The van der Waals surface area contributed by atoms with Crippen LogP contribution >= 0.6 is 0 Å². The Kier molecular flexibility index (Phi) is 12.3. The summed E-state index contributed by atoms with van der Waals surface area (Å²) in [6, 6.07) is 0.361. The maximum atomic E-state index is 14.5. The van der Waals surface area contributed by atoms with Crippen LogP contribution in [0.25, 0.3) is 0 Å². The molecule has 0 radical (unpaired) electrons. The first-order valence-electron chi connectivity index (χ1n) is 18.6. The highest BCUT2D eigenvalue weighted by molar-refractivity contribution is 7.91. The minimum atomic E-state index is -5.02. The number of carbonyl (C=O) groups excluding carboxylic acids is 5. The molecule has 13 nitrogen and oxygen atoms in total. The first kappa shape index (κ1) is 44.7. The number of benzene rings is 1. The summed E-state index contributed by atoms with van der Waals surface area (Å²) in [4.78, 5) is 69.6. The Morgan fingerprint density at radius 1 is 1.02 bits per heavy atom. The third-order valence-electron chi connectivity index (χ3n) is 11.3. The number of amides is 4. The second kappa shape index (κ2) is 16.0. The van der Waals surface area contributed by atoms with Crippen LogP contribution in [-0.4, -0.2) is 96.6 Å². The molecule has 1 aromatic carbocycles. The molecule has 4 amide bonds. The second-order valence-corrected chi connectivity index (χ2v) is 18.3. The SMILES string of the molecule is C[C@@H]1CC/C=C\[C@@H]2C[C@@]2(C(=O)NS(=O)(=O)C2(CF)CC2)NC(=O)[C@@H]2C[C@@H](OC(=O)c3ccccc3C(F)(F)F)CN2C(=O)[C@@H](NC(=O)OC(C)(C)C(F)(F)F)[C@H](C)C1. The zero-order valence-corrected chi connectivity index (χ0v) is 32.8. The molecule has 2 saturated carbocycles. The molecule has 322 valence electrons. The van der Waals surface area contributed by atoms with E-state index in [4.69, 9.17) is 4.74 Å². The fourth-order valence-corrected chi connectivity index (χ4v) is 8.75. The number of halogens is 7. The Labute approximate surface area is 329 Å². The first-order chi connectivity index (χ1) is 26.8. The molecule has 3 fully saturated rings. The molecule has 3 N–H and O–H groups in total. The number of alkyl carbamates (subject to hydrolysis) is 1. The number of nitrogens with zero attached hydrogens (tertiary/aromatic N) is 1. The van der Waals surface area contributed by atoms with Gasteiger partial charge in [0.15, 0.2) is 0 Å². The van der Waals surface area contributed by atoms with E-state index in [9.17, 15) is 63.1 Å². The zero-order chi connectivity index (χ0) is 43.2. The van der Waals surface area contributed by atoms with E-state index in [0.29, 0.717) is 32.8 Å². The number of fused-ring (bicyclic) bond motifs is 2. The average molecular weight is 855 g/mol. The lowest BCUT2D eigenvalue weighted by atomic mass is 9.88. The molecule has 21 heteroatoms. The summed E-state index contributed by atoms with van der Waals surface area (Å²) in [7, 11) is -4.56. The summed E-state index contributed by atoms with van der Waals surface area (Å²) in [5.74, 6) is -6.58. The number of sulfonamides is 1. The van der Waals surface area contributed by atoms with Crippen LogP contribution in [0.3, 0.4) is 0 Å². The van der Waals surface area contributed by atoms with Crippen LogP contribution in [0.4, 0.5) is 35.5 Å². The predicted molar refractivity (Wildman–Crippen MR) is 190 cm³/mol. The molecule has 0 spiro atoms. The van der Waals surface area contributed by atoms with Gasteiger partial charge in [0.05, 0.1) is 17.7 Å². The number of ether oxygens (including phenoxy) is 2. The smallest absolute Gasteiger partial charge is 0.427 e. The van der Waals surface area contributed by atoms with Gasteiger partial charge >= 0.3 is 24.4 Å². The minimum Gasteiger partial charge on any atom is -0.457 e. The average Bonchev–Trinajstić information content (AvgIpc) is 4.02. The van der Waals surface area contributed by atoms with Gasteiger partial charge in [-0.15, -0.1) is 0 Å². The second-order valence-electron chi connectivity index (χ2n) is 16.2. The van der Waals surface area contributed by atoms with Crippen molar-refractivity contribution >= 4 is 39.8 Å². The van der Waals surface area contributed by atoms with Gasteiger partial charge in [0.1, 0.15) is 35.1 Å². The van der Waals surface area contributed by atoms with Crippen LogP contribution in [0.1, 0.15) is 88.6 Å². The maximum Gasteiger partial charge on any atom is 0.427 e. The zero-order valence-electron chi connectivity index (χ0n) is 32.0. The van der Waals surface area contributed by atoms with E-state index in [1.54, 1.807) is 12.2 Å². The lowest BCUT2D eigenvalue weighted by Crippen LogP contribution is -2.60. The van der Waals surface area contributed by atoms with Crippen LogP contribution in [0.15, 0.2) is 36.4 Å². The van der Waals surface area contributed by atoms with Crippen molar-refractivity contribution in [3.63, 3.8) is 0 Å². The van der Waals surface area contributed by atoms with E-state index in [-0.39, 0.29) is 31.6 Å². The molecule has 0 bridgehead atoms. The molecule has 1 aromatic rings. The van der Waals surface area contributed by atoms with Gasteiger partial charge in [-0.3, -0.25) is 19.1 Å². The highest BCUT2D eigenvalue weighted by Gasteiger charge is 2.64. The van der Waals surface area contributed by atoms with E-state index < -0.39 is 129 Å². The number of rotatable bonds is 8. The number of allylic oxidation sites excluding steroid dienone is 1. The van der Waals surface area contributed by atoms with E-state index >= 15 is 0 Å². The fraction of sp³-hybridized carbons (Fsp3) is 0.649. The van der Waals surface area contributed by atoms with E-state index in [1.165, 1.54) is 6.92 Å². The van der Waals surface area contributed by atoms with Crippen molar-refractivity contribution in [1.82, 2.24) is 20.3 Å². The molecule has 0 unspecified atom stereocenters. The topological polar surface area (TPSA) is 177 Å². The van der Waals surface area contributed by atoms with E-state index in [1.807, 2.05) is 11.6 Å². The molecule has 2 heterocycles. The monoisotopic (exact) mass is 854 g/mol. The van der Waals surface area contributed by atoms with Crippen molar-refractivity contribution in [2.45, 2.75) is 119 Å². The minimum absolute atomic E-state index is 0.0471. The Morgan fingerprint density at radius 3 is 2.28 bits per heavy atom. The normalized spacial score (nSPS) is 29.7. The van der Waals surface area contributed by atoms with Crippen molar-refractivity contribution < 1.29 is 72.6 Å². The molecule has 0 aromatic heterocycles. The lowest BCUT2D eigenvalue weighted by molar-refractivity contribution is -0.244. The first-order valence-corrected chi connectivity index (χ1v) is 20.1. The standard InChI is InChI=1S/C37H45F7N4O9S/c1-20-9-5-6-10-22-17-35(22,31(52)47-58(54,55)34(19-38)13-14-34)46-28(49)26-16-23(56-30(51)24-11-7-8-12-25(24)36(39,40)41)18-48(26)29(50)27(21(2)15-20)45-32(53)57-33(3,4)37(42,43)44/h6-8,10-12,20-23,26-27H,5,9,13-19H2,1-4H3,(H,45,53)(H,46,49)(H,47,52)/b10-6-/t20-,21-,22-,23-,26+,27+,35-/m1/s1. The molecule has 4 aliphatic rings. The molecule has 2 aliphatic heterocycles. The summed E-state index contributed by atoms with van der Waals surface area (Å²) in [5.41, 5.74) is -7.13. The summed E-state index contributed by atoms with van der Waals surface area (Å²) < 4.78 is 132. The molecule has 58 heavy (non-hydrogen) atoms. The number of esters is 1.